The number of primary amides is 1. The van der Waals surface area contributed by atoms with Crippen molar-refractivity contribution >= 4 is 28.4 Å². The Morgan fingerprint density at radius 1 is 1.08 bits per heavy atom. The van der Waals surface area contributed by atoms with E-state index in [2.05, 4.69) is 4.98 Å². The number of nitrogens with two attached hydrogens (primary N) is 1. The van der Waals surface area contributed by atoms with E-state index in [1.54, 1.807) is 42.5 Å². The van der Waals surface area contributed by atoms with Gasteiger partial charge in [0.15, 0.2) is 0 Å². The monoisotopic (exact) mass is 364 g/mol. The number of para-hydroxylation sites is 1. The van der Waals surface area contributed by atoms with Crippen LogP contribution >= 0.6 is 11.6 Å². The molecule has 2 aromatic carbocycles. The molecular formula is C18H12ClF3N2O. The Labute approximate surface area is 146 Å². The van der Waals surface area contributed by atoms with E-state index in [0.717, 1.165) is 0 Å². The van der Waals surface area contributed by atoms with E-state index in [-0.39, 0.29) is 32.7 Å². The lowest BCUT2D eigenvalue weighted by molar-refractivity contribution is -0.127. The topological polar surface area (TPSA) is 56.0 Å². The molecule has 3 rings (SSSR count). The molecule has 1 aromatic heterocycles. The van der Waals surface area contributed by atoms with Crippen molar-refractivity contribution in [2.75, 3.05) is 0 Å². The maximum atomic E-state index is 13.2. The second-order valence-electron chi connectivity index (χ2n) is 5.47. The number of rotatable bonds is 3. The van der Waals surface area contributed by atoms with Gasteiger partial charge in [-0.05, 0) is 6.07 Å². The predicted octanol–water partition coefficient (Wildman–Crippen LogP) is 4.76. The molecule has 0 saturated heterocycles. The Morgan fingerprint density at radius 2 is 1.76 bits per heavy atom. The summed E-state index contributed by atoms with van der Waals surface area (Å²) >= 11 is 6.14. The summed E-state index contributed by atoms with van der Waals surface area (Å²) in [6.07, 6.45) is -5.84. The molecule has 128 valence electrons. The molecule has 1 heterocycles. The zero-order valence-electron chi connectivity index (χ0n) is 12.8. The van der Waals surface area contributed by atoms with E-state index in [0.29, 0.717) is 5.56 Å². The first-order valence-corrected chi connectivity index (χ1v) is 7.69. The van der Waals surface area contributed by atoms with E-state index in [1.807, 2.05) is 0 Å². The Bertz CT molecular complexity index is 956. The molecule has 1 amide bonds. The summed E-state index contributed by atoms with van der Waals surface area (Å²) < 4.78 is 39.5. The second kappa shape index (κ2) is 6.37. The molecule has 0 aliphatic rings. The molecule has 3 nitrogen and oxygen atoms in total. The summed E-state index contributed by atoms with van der Waals surface area (Å²) in [6.45, 7) is 0. The molecule has 3 aromatic rings. The van der Waals surface area contributed by atoms with Crippen LogP contribution in [0.2, 0.25) is 5.02 Å². The molecule has 0 radical (unpaired) electrons. The number of nitrogens with zero attached hydrogens (tertiary/aromatic N) is 1. The minimum atomic E-state index is -4.53. The third-order valence-corrected chi connectivity index (χ3v) is 4.04. The SMILES string of the molecule is NC(=O)c1c(CC(F)(F)F)c(-c2ccccc2)nc2c(Cl)cccc12. The number of pyridine rings is 1. The highest BCUT2D eigenvalue weighted by Crippen LogP contribution is 2.36. The van der Waals surface area contributed by atoms with Crippen LogP contribution in [0.25, 0.3) is 22.2 Å². The lowest BCUT2D eigenvalue weighted by atomic mass is 9.94. The first-order valence-electron chi connectivity index (χ1n) is 7.31. The van der Waals surface area contributed by atoms with E-state index >= 15 is 0 Å². The number of fused-ring (bicyclic) bond motifs is 1. The van der Waals surface area contributed by atoms with Gasteiger partial charge in [-0.3, -0.25) is 4.79 Å². The molecule has 0 bridgehead atoms. The quantitative estimate of drug-likeness (QED) is 0.728. The maximum Gasteiger partial charge on any atom is 0.393 e. The van der Waals surface area contributed by atoms with E-state index in [9.17, 15) is 18.0 Å². The van der Waals surface area contributed by atoms with Gasteiger partial charge in [-0.25, -0.2) is 4.98 Å². The first-order chi connectivity index (χ1) is 11.8. The van der Waals surface area contributed by atoms with Crippen molar-refractivity contribution in [3.05, 3.63) is 64.7 Å². The minimum absolute atomic E-state index is 0.0484. The molecule has 2 N–H and O–H groups in total. The number of benzene rings is 2. The number of aromatic nitrogens is 1. The summed E-state index contributed by atoms with van der Waals surface area (Å²) in [6, 6.07) is 12.9. The summed E-state index contributed by atoms with van der Waals surface area (Å²) in [5.41, 5.74) is 5.70. The van der Waals surface area contributed by atoms with Gasteiger partial charge in [-0.2, -0.15) is 13.2 Å². The summed E-state index contributed by atoms with van der Waals surface area (Å²) in [5.74, 6) is -0.953. The van der Waals surface area contributed by atoms with Gasteiger partial charge in [-0.15, -0.1) is 0 Å². The molecule has 25 heavy (non-hydrogen) atoms. The zero-order chi connectivity index (χ0) is 18.2. The van der Waals surface area contributed by atoms with Crippen molar-refractivity contribution < 1.29 is 18.0 Å². The maximum absolute atomic E-state index is 13.2. The van der Waals surface area contributed by atoms with Gasteiger partial charge >= 0.3 is 6.18 Å². The van der Waals surface area contributed by atoms with Gasteiger partial charge in [0.05, 0.1) is 28.2 Å². The fourth-order valence-corrected chi connectivity index (χ4v) is 3.00. The van der Waals surface area contributed by atoms with Crippen LogP contribution in [0.4, 0.5) is 13.2 Å². The summed E-state index contributed by atoms with van der Waals surface area (Å²) in [7, 11) is 0. The van der Waals surface area contributed by atoms with Gasteiger partial charge in [0.1, 0.15) is 0 Å². The minimum Gasteiger partial charge on any atom is -0.366 e. The molecule has 0 spiro atoms. The van der Waals surface area contributed by atoms with E-state index < -0.39 is 18.5 Å². The number of carbonyl (C=O) groups is 1. The second-order valence-corrected chi connectivity index (χ2v) is 5.88. The summed E-state index contributed by atoms with van der Waals surface area (Å²) in [5, 5.41) is 0.440. The fraction of sp³-hybridized carbons (Fsp3) is 0.111. The Balaban J connectivity index is 2.45. The fourth-order valence-electron chi connectivity index (χ4n) is 2.78. The molecule has 0 fully saturated rings. The van der Waals surface area contributed by atoms with Gasteiger partial charge in [-0.1, -0.05) is 54.1 Å². The zero-order valence-corrected chi connectivity index (χ0v) is 13.5. The standard InChI is InChI=1S/C18H12ClF3N2O/c19-13-8-4-7-11-14(17(23)25)12(9-18(20,21)22)15(24-16(11)13)10-5-2-1-3-6-10/h1-8H,9H2,(H2,23,25). The first kappa shape index (κ1) is 17.2. The highest BCUT2D eigenvalue weighted by atomic mass is 35.5. The van der Waals surface area contributed by atoms with E-state index in [1.165, 1.54) is 6.07 Å². The van der Waals surface area contributed by atoms with Crippen LogP contribution < -0.4 is 5.73 Å². The van der Waals surface area contributed by atoms with Crippen LogP contribution in [0.5, 0.6) is 0 Å². The van der Waals surface area contributed by atoms with Crippen molar-refractivity contribution in [3.63, 3.8) is 0 Å². The average molecular weight is 365 g/mol. The van der Waals surface area contributed by atoms with Gasteiger partial charge < -0.3 is 5.73 Å². The third-order valence-electron chi connectivity index (χ3n) is 3.74. The van der Waals surface area contributed by atoms with Crippen LogP contribution in [0, 0.1) is 0 Å². The highest BCUT2D eigenvalue weighted by Gasteiger charge is 2.33. The molecule has 0 atom stereocenters. The predicted molar refractivity (Wildman–Crippen MR) is 90.5 cm³/mol. The highest BCUT2D eigenvalue weighted by molar-refractivity contribution is 6.35. The largest absolute Gasteiger partial charge is 0.393 e. The van der Waals surface area contributed by atoms with Crippen molar-refractivity contribution in [2.45, 2.75) is 12.6 Å². The summed E-state index contributed by atoms with van der Waals surface area (Å²) in [4.78, 5) is 16.3. The Hall–Kier alpha value is -2.60. The van der Waals surface area contributed by atoms with Crippen molar-refractivity contribution in [1.29, 1.82) is 0 Å². The molecule has 0 aliphatic heterocycles. The lowest BCUT2D eigenvalue weighted by Crippen LogP contribution is -2.21. The van der Waals surface area contributed by atoms with Crippen LogP contribution in [-0.2, 0) is 6.42 Å². The number of halogens is 4. The normalized spacial score (nSPS) is 11.7. The Kier molecular flexibility index (Phi) is 4.39. The number of carbonyl (C=O) groups excluding carboxylic acids is 1. The van der Waals surface area contributed by atoms with Gasteiger partial charge in [0, 0.05) is 16.5 Å². The Morgan fingerprint density at radius 3 is 2.36 bits per heavy atom. The van der Waals surface area contributed by atoms with Crippen LogP contribution in [0.15, 0.2) is 48.5 Å². The number of hydrogen-bond donors (Lipinski definition) is 1. The number of amides is 1. The molecular weight excluding hydrogens is 353 g/mol. The average Bonchev–Trinajstić information content (AvgIpc) is 2.53. The van der Waals surface area contributed by atoms with Gasteiger partial charge in [0.25, 0.3) is 0 Å². The van der Waals surface area contributed by atoms with Crippen molar-refractivity contribution in [2.24, 2.45) is 5.73 Å². The number of hydrogen-bond acceptors (Lipinski definition) is 2. The van der Waals surface area contributed by atoms with Crippen LogP contribution in [0.3, 0.4) is 0 Å². The number of alkyl halides is 3. The molecule has 7 heteroatoms. The smallest absolute Gasteiger partial charge is 0.366 e. The third kappa shape index (κ3) is 3.44. The lowest BCUT2D eigenvalue weighted by Gasteiger charge is -2.17. The van der Waals surface area contributed by atoms with Crippen LogP contribution in [-0.4, -0.2) is 17.1 Å². The van der Waals surface area contributed by atoms with Crippen molar-refractivity contribution in [3.8, 4) is 11.3 Å². The van der Waals surface area contributed by atoms with E-state index in [4.69, 9.17) is 17.3 Å². The molecule has 0 saturated carbocycles. The van der Waals surface area contributed by atoms with Crippen molar-refractivity contribution in [1.82, 2.24) is 4.98 Å². The van der Waals surface area contributed by atoms with Gasteiger partial charge in [0.2, 0.25) is 5.91 Å². The molecule has 0 unspecified atom stereocenters. The van der Waals surface area contributed by atoms with Crippen LogP contribution in [0.1, 0.15) is 15.9 Å². The molecule has 0 aliphatic carbocycles.